The zero-order valence-electron chi connectivity index (χ0n) is 32.5. The molecule has 1 saturated carbocycles. The van der Waals surface area contributed by atoms with Gasteiger partial charge in [0.2, 0.25) is 11.8 Å². The Morgan fingerprint density at radius 3 is 2.36 bits per heavy atom. The Bertz CT molecular complexity index is 1720. The van der Waals surface area contributed by atoms with Gasteiger partial charge in [0, 0.05) is 58.1 Å². The number of nitrogens with zero attached hydrogens (tertiary/aromatic N) is 2. The minimum atomic E-state index is -1.36. The van der Waals surface area contributed by atoms with E-state index >= 15 is 0 Å². The van der Waals surface area contributed by atoms with Crippen molar-refractivity contribution in [1.29, 1.82) is 0 Å². The van der Waals surface area contributed by atoms with Gasteiger partial charge >= 0.3 is 5.97 Å². The largest absolute Gasteiger partial charge is 0.458 e. The fourth-order valence-corrected chi connectivity index (χ4v) is 8.43. The van der Waals surface area contributed by atoms with Gasteiger partial charge in [0.05, 0.1) is 13.2 Å². The summed E-state index contributed by atoms with van der Waals surface area (Å²) in [5, 5.41) is 16.5. The van der Waals surface area contributed by atoms with E-state index in [9.17, 15) is 19.2 Å². The molecule has 3 heterocycles. The van der Waals surface area contributed by atoms with Crippen molar-refractivity contribution in [1.82, 2.24) is 20.6 Å². The summed E-state index contributed by atoms with van der Waals surface area (Å²) >= 11 is 0. The second-order valence-corrected chi connectivity index (χ2v) is 15.4. The van der Waals surface area contributed by atoms with Crippen LogP contribution in [0.5, 0.6) is 0 Å². The van der Waals surface area contributed by atoms with Gasteiger partial charge in [-0.3, -0.25) is 24.0 Å². The van der Waals surface area contributed by atoms with E-state index in [2.05, 4.69) is 24.5 Å². The van der Waals surface area contributed by atoms with E-state index in [1.807, 2.05) is 30.3 Å². The van der Waals surface area contributed by atoms with Gasteiger partial charge < -0.3 is 34.9 Å². The summed E-state index contributed by atoms with van der Waals surface area (Å²) in [6.45, 7) is 4.53. The average Bonchev–Trinajstić information content (AvgIpc) is 3.73. The molecule has 4 fully saturated rings. The SMILES string of the molecule is CCCCCC1(CCCCC)O[C@@H]2[C@H](O1)[C@H]1ON(Cc3cccc(C=CC(=O)N(C)C)c3)[C@H]3C(=O)O[C@@H]2C[C@@]13C(=O)NCc1cccc(C(=O)NCCO)c1. The predicted molar refractivity (Wildman–Crippen MR) is 204 cm³/mol. The lowest BCUT2D eigenvalue weighted by molar-refractivity contribution is -0.224. The summed E-state index contributed by atoms with van der Waals surface area (Å²) < 4.78 is 20.0. The molecule has 0 aromatic heterocycles. The number of likely N-dealkylation sites (N-methyl/N-ethyl adjacent to an activating group) is 1. The summed E-state index contributed by atoms with van der Waals surface area (Å²) in [5.74, 6) is -2.27. The van der Waals surface area contributed by atoms with Crippen molar-refractivity contribution in [3.05, 3.63) is 76.9 Å². The molecule has 0 spiro atoms. The van der Waals surface area contributed by atoms with Crippen molar-refractivity contribution >= 4 is 29.8 Å². The minimum absolute atomic E-state index is 0.102. The van der Waals surface area contributed by atoms with Crippen molar-refractivity contribution in [3.63, 3.8) is 0 Å². The van der Waals surface area contributed by atoms with Crippen LogP contribution in [0, 0.1) is 5.41 Å². The number of hydrogen-bond donors (Lipinski definition) is 3. The molecule has 4 aliphatic rings. The van der Waals surface area contributed by atoms with Gasteiger partial charge in [0.1, 0.15) is 29.8 Å². The van der Waals surface area contributed by atoms with Crippen molar-refractivity contribution in [3.8, 4) is 0 Å². The third-order valence-electron chi connectivity index (χ3n) is 11.2. The van der Waals surface area contributed by atoms with Gasteiger partial charge in [-0.2, -0.15) is 5.06 Å². The molecular formula is C42H56N4O9. The topological polar surface area (TPSA) is 156 Å². The number of aliphatic hydroxyl groups is 1. The van der Waals surface area contributed by atoms with E-state index in [0.29, 0.717) is 24.0 Å². The molecule has 55 heavy (non-hydrogen) atoms. The van der Waals surface area contributed by atoms with E-state index in [4.69, 9.17) is 24.2 Å². The fraction of sp³-hybridized carbons (Fsp3) is 0.571. The summed E-state index contributed by atoms with van der Waals surface area (Å²) in [7, 11) is 3.38. The van der Waals surface area contributed by atoms with Gasteiger partial charge in [0.15, 0.2) is 11.8 Å². The summed E-state index contributed by atoms with van der Waals surface area (Å²) in [5.41, 5.74) is 1.34. The Kier molecular flexibility index (Phi) is 13.1. The Morgan fingerprint density at radius 1 is 0.945 bits per heavy atom. The number of esters is 1. The van der Waals surface area contributed by atoms with Crippen LogP contribution in [0.3, 0.4) is 0 Å². The third kappa shape index (κ3) is 8.66. The number of fused-ring (bicyclic) bond motifs is 4. The number of ether oxygens (including phenoxy) is 3. The third-order valence-corrected chi connectivity index (χ3v) is 11.2. The Hall–Kier alpha value is -4.14. The zero-order valence-corrected chi connectivity index (χ0v) is 32.5. The first-order valence-electron chi connectivity index (χ1n) is 19.8. The Morgan fingerprint density at radius 2 is 1.65 bits per heavy atom. The molecule has 3 N–H and O–H groups in total. The van der Waals surface area contributed by atoms with Crippen LogP contribution >= 0.6 is 0 Å². The van der Waals surface area contributed by atoms with E-state index in [1.165, 1.54) is 11.0 Å². The predicted octanol–water partition coefficient (Wildman–Crippen LogP) is 4.27. The number of amides is 3. The molecule has 6 atom stereocenters. The Labute approximate surface area is 323 Å². The van der Waals surface area contributed by atoms with Crippen LogP contribution in [-0.4, -0.2) is 102 Å². The highest BCUT2D eigenvalue weighted by molar-refractivity contribution is 5.95. The number of rotatable bonds is 18. The highest BCUT2D eigenvalue weighted by atomic mass is 16.8. The lowest BCUT2D eigenvalue weighted by Crippen LogP contribution is -2.69. The number of carbonyl (C=O) groups excluding carboxylic acids is 4. The summed E-state index contributed by atoms with van der Waals surface area (Å²) in [6, 6.07) is 13.4. The van der Waals surface area contributed by atoms with Crippen molar-refractivity contribution < 1.29 is 43.3 Å². The van der Waals surface area contributed by atoms with E-state index in [1.54, 1.807) is 43.4 Å². The van der Waals surface area contributed by atoms with Gasteiger partial charge in [-0.15, -0.1) is 0 Å². The van der Waals surface area contributed by atoms with Crippen LogP contribution in [0.15, 0.2) is 54.6 Å². The standard InChI is InChI=1S/C42H56N4O9/c1-5-7-9-19-41(20-10-8-6-2)53-34-32-25-42(40(51)44-26-29-14-12-16-31(24-29)38(49)43-21-22-47)36(39(50)52-32)46(55-37(42)35(34)54-41)27-30-15-11-13-28(23-30)17-18-33(48)45(3)4/h11-18,23-24,32,34-37,47H,5-10,19-22,25-27H2,1-4H3,(H,43,49)(H,44,51)/t32-,34+,35+,36+,37-,42+/m1/s1. The number of hydrogen-bond acceptors (Lipinski definition) is 10. The molecule has 1 aliphatic carbocycles. The molecule has 3 saturated heterocycles. The van der Waals surface area contributed by atoms with Gasteiger partial charge in [-0.05, 0) is 47.7 Å². The van der Waals surface area contributed by atoms with Crippen LogP contribution in [-0.2, 0) is 46.5 Å². The zero-order chi connectivity index (χ0) is 39.2. The lowest BCUT2D eigenvalue weighted by Gasteiger charge is -2.48. The molecule has 2 aromatic carbocycles. The summed E-state index contributed by atoms with van der Waals surface area (Å²) in [4.78, 5) is 62.1. The van der Waals surface area contributed by atoms with Gasteiger partial charge in [-0.1, -0.05) is 75.9 Å². The molecule has 6 rings (SSSR count). The van der Waals surface area contributed by atoms with E-state index in [0.717, 1.165) is 49.7 Å². The fourth-order valence-electron chi connectivity index (χ4n) is 8.43. The first kappa shape index (κ1) is 40.5. The average molecular weight is 761 g/mol. The number of unbranched alkanes of at least 4 members (excludes halogenated alkanes) is 4. The number of hydroxylamine groups is 2. The number of aliphatic hydroxyl groups excluding tert-OH is 1. The molecule has 2 bridgehead atoms. The van der Waals surface area contributed by atoms with E-state index < -0.39 is 47.6 Å². The molecule has 13 nitrogen and oxygen atoms in total. The summed E-state index contributed by atoms with van der Waals surface area (Å²) in [6.07, 6.45) is 7.97. The molecule has 13 heteroatoms. The molecule has 3 aliphatic heterocycles. The molecule has 298 valence electrons. The Balaban J connectivity index is 1.32. The smallest absolute Gasteiger partial charge is 0.327 e. The van der Waals surface area contributed by atoms with Crippen LogP contribution in [0.1, 0.15) is 98.7 Å². The van der Waals surface area contributed by atoms with Crippen LogP contribution in [0.2, 0.25) is 0 Å². The molecule has 0 unspecified atom stereocenters. The second kappa shape index (κ2) is 17.8. The lowest BCUT2D eigenvalue weighted by atomic mass is 9.62. The first-order chi connectivity index (χ1) is 26.5. The maximum absolute atomic E-state index is 14.8. The van der Waals surface area contributed by atoms with E-state index in [-0.39, 0.29) is 50.4 Å². The van der Waals surface area contributed by atoms with Crippen molar-refractivity contribution in [2.24, 2.45) is 5.41 Å². The second-order valence-electron chi connectivity index (χ2n) is 15.4. The number of carbonyl (C=O) groups is 4. The normalized spacial score (nSPS) is 26.4. The molecule has 0 radical (unpaired) electrons. The minimum Gasteiger partial charge on any atom is -0.458 e. The highest BCUT2D eigenvalue weighted by Crippen LogP contribution is 2.58. The maximum Gasteiger partial charge on any atom is 0.327 e. The number of benzene rings is 2. The highest BCUT2D eigenvalue weighted by Gasteiger charge is 2.76. The monoisotopic (exact) mass is 760 g/mol. The molecular weight excluding hydrogens is 704 g/mol. The maximum atomic E-state index is 14.8. The quantitative estimate of drug-likeness (QED) is 0.114. The van der Waals surface area contributed by atoms with Crippen molar-refractivity contribution in [2.45, 2.75) is 121 Å². The van der Waals surface area contributed by atoms with Crippen LogP contribution < -0.4 is 10.6 Å². The van der Waals surface area contributed by atoms with Crippen LogP contribution in [0.25, 0.3) is 6.08 Å². The first-order valence-corrected chi connectivity index (χ1v) is 19.8. The molecule has 3 amide bonds. The van der Waals surface area contributed by atoms with Gasteiger partial charge in [0.25, 0.3) is 5.91 Å². The van der Waals surface area contributed by atoms with Gasteiger partial charge in [-0.25, -0.2) is 0 Å². The molecule has 2 aromatic rings. The van der Waals surface area contributed by atoms with Crippen LogP contribution in [0.4, 0.5) is 0 Å². The van der Waals surface area contributed by atoms with Crippen molar-refractivity contribution in [2.75, 3.05) is 27.2 Å². The number of nitrogens with one attached hydrogen (secondary N) is 2.